The molecule has 0 aliphatic carbocycles. The average Bonchev–Trinajstić information content (AvgIpc) is 3.17. The van der Waals surface area contributed by atoms with E-state index < -0.39 is 0 Å². The number of aromatic nitrogens is 3. The van der Waals surface area contributed by atoms with Gasteiger partial charge >= 0.3 is 0 Å². The second-order valence-corrected chi connectivity index (χ2v) is 7.82. The van der Waals surface area contributed by atoms with Crippen molar-refractivity contribution >= 4 is 39.0 Å². The van der Waals surface area contributed by atoms with Gasteiger partial charge in [-0.05, 0) is 24.0 Å². The van der Waals surface area contributed by atoms with Crippen LogP contribution < -0.4 is 0 Å². The SMILES string of the molecule is CS/C(CC(=O)c1ccc(Br)cc1)=C(\C#N)c1cn(Cc2ccccc2)nn1. The van der Waals surface area contributed by atoms with Crippen molar-refractivity contribution in [2.24, 2.45) is 0 Å². The highest BCUT2D eigenvalue weighted by Crippen LogP contribution is 2.28. The quantitative estimate of drug-likeness (QED) is 0.374. The second-order valence-electron chi connectivity index (χ2n) is 6.01. The summed E-state index contributed by atoms with van der Waals surface area (Å²) in [5, 5.41) is 18.0. The van der Waals surface area contributed by atoms with E-state index in [1.165, 1.54) is 11.8 Å². The second kappa shape index (κ2) is 9.49. The Bertz CT molecular complexity index is 1040. The first-order valence-corrected chi connectivity index (χ1v) is 10.5. The number of rotatable bonds is 7. The number of ketones is 1. The van der Waals surface area contributed by atoms with Crippen LogP contribution in [0.4, 0.5) is 0 Å². The van der Waals surface area contributed by atoms with Crippen molar-refractivity contribution in [3.05, 3.63) is 87.0 Å². The number of Topliss-reactive ketones (excluding diaryl/α,β-unsaturated/α-hetero) is 1. The summed E-state index contributed by atoms with van der Waals surface area (Å²) in [5.41, 5.74) is 2.57. The molecule has 1 aromatic heterocycles. The van der Waals surface area contributed by atoms with Gasteiger partial charge in [0.1, 0.15) is 11.8 Å². The van der Waals surface area contributed by atoms with Gasteiger partial charge in [-0.3, -0.25) is 4.79 Å². The summed E-state index contributed by atoms with van der Waals surface area (Å²) in [7, 11) is 0. The molecule has 28 heavy (non-hydrogen) atoms. The molecule has 7 heteroatoms. The largest absolute Gasteiger partial charge is 0.294 e. The van der Waals surface area contributed by atoms with Crippen LogP contribution in [0.1, 0.15) is 28.0 Å². The molecule has 0 fully saturated rings. The monoisotopic (exact) mass is 452 g/mol. The fraction of sp³-hybridized carbons (Fsp3) is 0.143. The predicted molar refractivity (Wildman–Crippen MR) is 115 cm³/mol. The third-order valence-electron chi connectivity index (χ3n) is 4.11. The van der Waals surface area contributed by atoms with Crippen LogP contribution in [0.15, 0.2) is 70.2 Å². The fourth-order valence-electron chi connectivity index (χ4n) is 2.67. The van der Waals surface area contributed by atoms with Gasteiger partial charge in [0.05, 0.1) is 18.3 Å². The highest BCUT2D eigenvalue weighted by molar-refractivity contribution is 9.10. The normalized spacial score (nSPS) is 11.6. The molecule has 3 aromatic rings. The van der Waals surface area contributed by atoms with Gasteiger partial charge in [-0.15, -0.1) is 16.9 Å². The Morgan fingerprint density at radius 3 is 2.54 bits per heavy atom. The van der Waals surface area contributed by atoms with Gasteiger partial charge in [-0.1, -0.05) is 63.6 Å². The summed E-state index contributed by atoms with van der Waals surface area (Å²) in [4.78, 5) is 13.3. The Hall–Kier alpha value is -2.69. The van der Waals surface area contributed by atoms with E-state index in [2.05, 4.69) is 32.3 Å². The van der Waals surface area contributed by atoms with Crippen molar-refractivity contribution in [3.63, 3.8) is 0 Å². The summed E-state index contributed by atoms with van der Waals surface area (Å²) < 4.78 is 2.61. The zero-order valence-electron chi connectivity index (χ0n) is 15.2. The number of allylic oxidation sites excluding steroid dienone is 2. The van der Waals surface area contributed by atoms with Gasteiger partial charge < -0.3 is 0 Å². The van der Waals surface area contributed by atoms with Crippen molar-refractivity contribution in [2.75, 3.05) is 6.26 Å². The van der Waals surface area contributed by atoms with Crippen LogP contribution in [-0.4, -0.2) is 27.0 Å². The molecule has 140 valence electrons. The van der Waals surface area contributed by atoms with Crippen molar-refractivity contribution in [1.29, 1.82) is 5.26 Å². The molecule has 0 spiro atoms. The predicted octanol–water partition coefficient (Wildman–Crippen LogP) is 4.96. The molecule has 0 unspecified atom stereocenters. The number of halogens is 1. The number of carbonyl (C=O) groups is 1. The van der Waals surface area contributed by atoms with Gasteiger partial charge in [0, 0.05) is 21.4 Å². The molecule has 0 aliphatic heterocycles. The van der Waals surface area contributed by atoms with Gasteiger partial charge in [-0.2, -0.15) is 5.26 Å². The maximum absolute atomic E-state index is 12.6. The van der Waals surface area contributed by atoms with Crippen LogP contribution >= 0.6 is 27.7 Å². The summed E-state index contributed by atoms with van der Waals surface area (Å²) in [6, 6.07) is 19.3. The number of hydrogen-bond donors (Lipinski definition) is 0. The van der Waals surface area contributed by atoms with Crippen molar-refractivity contribution < 1.29 is 4.79 Å². The average molecular weight is 453 g/mol. The first-order chi connectivity index (χ1) is 13.6. The molecule has 0 aliphatic rings. The number of hydrogen-bond acceptors (Lipinski definition) is 5. The van der Waals surface area contributed by atoms with Gasteiger partial charge in [-0.25, -0.2) is 4.68 Å². The molecular formula is C21H17BrN4OS. The Kier molecular flexibility index (Phi) is 6.80. The minimum atomic E-state index is -0.0405. The van der Waals surface area contributed by atoms with Crippen LogP contribution in [0.2, 0.25) is 0 Å². The smallest absolute Gasteiger partial charge is 0.167 e. The van der Waals surface area contributed by atoms with Crippen molar-refractivity contribution in [2.45, 2.75) is 13.0 Å². The zero-order valence-corrected chi connectivity index (χ0v) is 17.6. The number of benzene rings is 2. The summed E-state index contributed by atoms with van der Waals surface area (Å²) in [6.07, 6.45) is 3.75. The summed E-state index contributed by atoms with van der Waals surface area (Å²) in [6.45, 7) is 0.568. The van der Waals surface area contributed by atoms with E-state index in [-0.39, 0.29) is 12.2 Å². The standard InChI is InChI=1S/C21H17BrN4OS/c1-28-21(11-20(27)16-7-9-17(22)10-8-16)18(12-23)19-14-26(25-24-19)13-15-5-3-2-4-6-15/h2-10,14H,11,13H2,1H3/b21-18+. The van der Waals surface area contributed by atoms with E-state index in [0.717, 1.165) is 10.0 Å². The Morgan fingerprint density at radius 2 is 1.89 bits per heavy atom. The molecule has 0 radical (unpaired) electrons. The lowest BCUT2D eigenvalue weighted by Crippen LogP contribution is -2.01. The highest BCUT2D eigenvalue weighted by atomic mass is 79.9. The van der Waals surface area contributed by atoms with Gasteiger partial charge in [0.25, 0.3) is 0 Å². The lowest BCUT2D eigenvalue weighted by atomic mass is 10.1. The number of nitrogens with zero attached hydrogens (tertiary/aromatic N) is 4. The topological polar surface area (TPSA) is 71.6 Å². The van der Waals surface area contributed by atoms with E-state index >= 15 is 0 Å². The third kappa shape index (κ3) is 4.97. The molecule has 1 heterocycles. The van der Waals surface area contributed by atoms with E-state index in [9.17, 15) is 10.1 Å². The minimum Gasteiger partial charge on any atom is -0.294 e. The fourth-order valence-corrected chi connectivity index (χ4v) is 3.56. The molecule has 0 saturated heterocycles. The van der Waals surface area contributed by atoms with Crippen LogP contribution in [0.3, 0.4) is 0 Å². The maximum atomic E-state index is 12.6. The highest BCUT2D eigenvalue weighted by Gasteiger charge is 2.17. The number of nitriles is 1. The summed E-state index contributed by atoms with van der Waals surface area (Å²) in [5.74, 6) is -0.0405. The van der Waals surface area contributed by atoms with Crippen LogP contribution in [0.5, 0.6) is 0 Å². The van der Waals surface area contributed by atoms with E-state index in [4.69, 9.17) is 0 Å². The van der Waals surface area contributed by atoms with Crippen LogP contribution in [0.25, 0.3) is 5.57 Å². The van der Waals surface area contributed by atoms with Crippen LogP contribution in [-0.2, 0) is 6.54 Å². The molecule has 3 rings (SSSR count). The number of thioether (sulfide) groups is 1. The van der Waals surface area contributed by atoms with E-state index in [1.54, 1.807) is 23.0 Å². The molecule has 0 N–H and O–H groups in total. The molecule has 2 aromatic carbocycles. The maximum Gasteiger partial charge on any atom is 0.167 e. The first-order valence-electron chi connectivity index (χ1n) is 8.51. The third-order valence-corrected chi connectivity index (χ3v) is 5.48. The molecule has 5 nitrogen and oxygen atoms in total. The number of carbonyl (C=O) groups excluding carboxylic acids is 1. The van der Waals surface area contributed by atoms with E-state index in [1.807, 2.05) is 48.7 Å². The van der Waals surface area contributed by atoms with Crippen molar-refractivity contribution in [3.8, 4) is 6.07 Å². The lowest BCUT2D eigenvalue weighted by molar-refractivity contribution is 0.0995. The molecular weight excluding hydrogens is 436 g/mol. The molecule has 0 saturated carbocycles. The summed E-state index contributed by atoms with van der Waals surface area (Å²) >= 11 is 4.75. The molecule has 0 atom stereocenters. The van der Waals surface area contributed by atoms with E-state index in [0.29, 0.717) is 28.3 Å². The first kappa shape index (κ1) is 20.1. The molecule has 0 amide bonds. The Balaban J connectivity index is 1.83. The molecule has 0 bridgehead atoms. The zero-order chi connectivity index (χ0) is 19.9. The van der Waals surface area contributed by atoms with Crippen LogP contribution in [0, 0.1) is 11.3 Å². The van der Waals surface area contributed by atoms with Gasteiger partial charge in [0.15, 0.2) is 5.78 Å². The van der Waals surface area contributed by atoms with Gasteiger partial charge in [0.2, 0.25) is 0 Å². The Labute approximate surface area is 176 Å². The minimum absolute atomic E-state index is 0.0405. The Morgan fingerprint density at radius 1 is 1.18 bits per heavy atom. The van der Waals surface area contributed by atoms with Crippen molar-refractivity contribution in [1.82, 2.24) is 15.0 Å². The lowest BCUT2D eigenvalue weighted by Gasteiger charge is -2.06.